The second kappa shape index (κ2) is 9.24. The summed E-state index contributed by atoms with van der Waals surface area (Å²) >= 11 is 6.06. The number of hydrogen-bond acceptors (Lipinski definition) is 7. The van der Waals surface area contributed by atoms with Gasteiger partial charge in [-0.1, -0.05) is 11.6 Å². The molecule has 4 heterocycles. The lowest BCUT2D eigenvalue weighted by Gasteiger charge is -2.31. The number of pyridine rings is 1. The van der Waals surface area contributed by atoms with E-state index in [9.17, 15) is 9.18 Å². The highest BCUT2D eigenvalue weighted by Gasteiger charge is 2.44. The fourth-order valence-corrected chi connectivity index (χ4v) is 5.27. The highest BCUT2D eigenvalue weighted by Crippen LogP contribution is 2.33. The second-order valence-corrected chi connectivity index (χ2v) is 9.95. The second-order valence-electron chi connectivity index (χ2n) is 9.52. The topological polar surface area (TPSA) is 83.5 Å². The third-order valence-corrected chi connectivity index (χ3v) is 7.36. The molecule has 2 aromatic carbocycles. The van der Waals surface area contributed by atoms with Gasteiger partial charge in [-0.3, -0.25) is 9.88 Å². The van der Waals surface area contributed by atoms with Crippen LogP contribution in [-0.2, 0) is 0 Å². The summed E-state index contributed by atoms with van der Waals surface area (Å²) in [6.45, 7) is 3.39. The van der Waals surface area contributed by atoms with Crippen LogP contribution in [0, 0.1) is 12.7 Å². The van der Waals surface area contributed by atoms with Gasteiger partial charge in [-0.05, 0) is 62.9 Å². The number of aromatic nitrogens is 3. The molecule has 2 aliphatic heterocycles. The first-order valence-electron chi connectivity index (χ1n) is 12.0. The average Bonchev–Trinajstić information content (AvgIpc) is 3.47. The molecule has 2 atom stereocenters. The minimum Gasteiger partial charge on any atom is -0.410 e. The molecule has 188 valence electrons. The summed E-state index contributed by atoms with van der Waals surface area (Å²) < 4.78 is 20.1. The Morgan fingerprint density at radius 2 is 1.95 bits per heavy atom. The predicted molar refractivity (Wildman–Crippen MR) is 140 cm³/mol. The van der Waals surface area contributed by atoms with Crippen LogP contribution in [0.1, 0.15) is 12.1 Å². The highest BCUT2D eigenvalue weighted by molar-refractivity contribution is 6.30. The Labute approximate surface area is 218 Å². The Morgan fingerprint density at radius 3 is 2.73 bits per heavy atom. The summed E-state index contributed by atoms with van der Waals surface area (Å²) in [5.74, 6) is 0.0116. The number of fused-ring (bicyclic) bond motifs is 3. The number of amides is 1. The lowest BCUT2D eigenvalue weighted by molar-refractivity contribution is 0.118. The molecule has 6 rings (SSSR count). The highest BCUT2D eigenvalue weighted by atomic mass is 35.5. The maximum atomic E-state index is 14.4. The van der Waals surface area contributed by atoms with Crippen LogP contribution in [0.4, 0.5) is 20.6 Å². The zero-order chi connectivity index (χ0) is 25.7. The first-order chi connectivity index (χ1) is 17.9. The number of likely N-dealkylation sites (tertiary alicyclic amines) is 2. The number of aryl methyl sites for hydroxylation is 1. The number of likely N-dealkylation sites (N-methyl/N-ethyl adjacent to an activating group) is 1. The average molecular weight is 519 g/mol. The first kappa shape index (κ1) is 23.6. The zero-order valence-electron chi connectivity index (χ0n) is 20.3. The molecule has 2 bridgehead atoms. The van der Waals surface area contributed by atoms with Crippen LogP contribution in [0.25, 0.3) is 22.2 Å². The van der Waals surface area contributed by atoms with Crippen molar-refractivity contribution >= 4 is 40.0 Å². The van der Waals surface area contributed by atoms with E-state index < -0.39 is 5.82 Å². The quantitative estimate of drug-likeness (QED) is 0.386. The van der Waals surface area contributed by atoms with Gasteiger partial charge in [0.15, 0.2) is 0 Å². The van der Waals surface area contributed by atoms with Crippen molar-refractivity contribution in [1.29, 1.82) is 0 Å². The van der Waals surface area contributed by atoms with E-state index in [0.717, 1.165) is 24.0 Å². The molecular weight excluding hydrogens is 495 g/mol. The summed E-state index contributed by atoms with van der Waals surface area (Å²) in [4.78, 5) is 21.4. The van der Waals surface area contributed by atoms with Crippen LogP contribution < -0.4 is 10.1 Å². The van der Waals surface area contributed by atoms with E-state index in [4.69, 9.17) is 16.3 Å². The van der Waals surface area contributed by atoms with Gasteiger partial charge in [-0.25, -0.2) is 9.18 Å². The number of nitrogens with zero attached hydrogens (tertiary/aromatic N) is 5. The van der Waals surface area contributed by atoms with Crippen LogP contribution in [0.5, 0.6) is 5.75 Å². The van der Waals surface area contributed by atoms with Crippen molar-refractivity contribution in [2.75, 3.05) is 25.5 Å². The molecule has 0 spiro atoms. The van der Waals surface area contributed by atoms with Gasteiger partial charge in [0.1, 0.15) is 11.6 Å². The molecule has 2 aromatic heterocycles. The fourth-order valence-electron chi connectivity index (χ4n) is 5.10. The molecule has 0 unspecified atom stereocenters. The third-order valence-electron chi connectivity index (χ3n) is 7.12. The van der Waals surface area contributed by atoms with Gasteiger partial charge >= 0.3 is 6.09 Å². The number of nitrogens with one attached hydrogen (secondary N) is 1. The molecule has 0 aliphatic carbocycles. The Hall–Kier alpha value is -3.82. The number of benzene rings is 2. The van der Waals surface area contributed by atoms with Crippen LogP contribution in [0.2, 0.25) is 5.02 Å². The van der Waals surface area contributed by atoms with Crippen LogP contribution >= 0.6 is 11.6 Å². The summed E-state index contributed by atoms with van der Waals surface area (Å²) in [5.41, 5.74) is 3.39. The van der Waals surface area contributed by atoms with Gasteiger partial charge in [0.25, 0.3) is 0 Å². The Bertz CT molecular complexity index is 1530. The van der Waals surface area contributed by atoms with Crippen molar-refractivity contribution in [3.63, 3.8) is 0 Å². The zero-order valence-corrected chi connectivity index (χ0v) is 21.0. The molecule has 2 aliphatic rings. The van der Waals surface area contributed by atoms with E-state index in [1.807, 2.05) is 24.0 Å². The van der Waals surface area contributed by atoms with Crippen molar-refractivity contribution in [3.8, 4) is 17.0 Å². The van der Waals surface area contributed by atoms with Crippen LogP contribution in [-0.4, -0.2) is 63.3 Å². The van der Waals surface area contributed by atoms with Gasteiger partial charge in [0.2, 0.25) is 0 Å². The third kappa shape index (κ3) is 4.45. The van der Waals surface area contributed by atoms with E-state index in [2.05, 4.69) is 32.4 Å². The molecule has 1 N–H and O–H groups in total. The van der Waals surface area contributed by atoms with Crippen molar-refractivity contribution in [2.45, 2.75) is 25.4 Å². The molecule has 10 heteroatoms. The van der Waals surface area contributed by atoms with Gasteiger partial charge in [0.05, 0.1) is 22.6 Å². The Morgan fingerprint density at radius 1 is 1.08 bits per heavy atom. The number of hydrogen-bond donors (Lipinski definition) is 1. The Balaban J connectivity index is 1.25. The lowest BCUT2D eigenvalue weighted by atomic mass is 10.1. The normalized spacial score (nSPS) is 19.0. The number of piperazine rings is 1. The number of carbonyl (C=O) groups excluding carboxylic acids is 1. The number of halogens is 2. The number of rotatable bonds is 4. The molecule has 8 nitrogen and oxygen atoms in total. The van der Waals surface area contributed by atoms with Gasteiger partial charge in [0, 0.05) is 59.1 Å². The van der Waals surface area contributed by atoms with Crippen molar-refractivity contribution in [3.05, 3.63) is 71.3 Å². The lowest BCUT2D eigenvalue weighted by Crippen LogP contribution is -2.48. The maximum Gasteiger partial charge on any atom is 0.415 e. The molecule has 0 saturated carbocycles. The smallest absolute Gasteiger partial charge is 0.410 e. The predicted octanol–water partition coefficient (Wildman–Crippen LogP) is 5.42. The minimum atomic E-state index is -0.432. The van der Waals surface area contributed by atoms with E-state index in [1.54, 1.807) is 24.4 Å². The van der Waals surface area contributed by atoms with Crippen LogP contribution in [0.3, 0.4) is 0 Å². The van der Waals surface area contributed by atoms with Gasteiger partial charge in [-0.15, -0.1) is 0 Å². The van der Waals surface area contributed by atoms with E-state index in [-0.39, 0.29) is 17.7 Å². The molecule has 2 fully saturated rings. The molecule has 37 heavy (non-hydrogen) atoms. The summed E-state index contributed by atoms with van der Waals surface area (Å²) in [7, 11) is 2.09. The van der Waals surface area contributed by atoms with Crippen LogP contribution in [0.15, 0.2) is 54.7 Å². The van der Waals surface area contributed by atoms with Crippen molar-refractivity contribution < 1.29 is 13.9 Å². The van der Waals surface area contributed by atoms with Crippen molar-refractivity contribution in [1.82, 2.24) is 25.0 Å². The molecule has 0 radical (unpaired) electrons. The fraction of sp³-hybridized carbons (Fsp3) is 0.259. The number of ether oxygens (including phenoxy) is 1. The number of anilines is 2. The summed E-state index contributed by atoms with van der Waals surface area (Å²) in [6.07, 6.45) is 2.34. The summed E-state index contributed by atoms with van der Waals surface area (Å²) in [6, 6.07) is 13.9. The SMILES string of the molecule is Cc1nnc(-c2cc(Cl)ccc2F)cc1Nc1ccnc2cc(OC(=O)N3C[C@@H]4C[C@H]3CN4C)ccc12. The van der Waals surface area contributed by atoms with Gasteiger partial charge < -0.3 is 15.0 Å². The maximum absolute atomic E-state index is 14.4. The molecule has 1 amide bonds. The van der Waals surface area contributed by atoms with Gasteiger partial charge in [-0.2, -0.15) is 10.2 Å². The molecular formula is C27H24ClFN6O2. The van der Waals surface area contributed by atoms with E-state index in [1.165, 1.54) is 18.2 Å². The Kier molecular flexibility index (Phi) is 5.89. The summed E-state index contributed by atoms with van der Waals surface area (Å²) in [5, 5.41) is 13.0. The number of carbonyl (C=O) groups is 1. The molecule has 2 saturated heterocycles. The first-order valence-corrected chi connectivity index (χ1v) is 12.4. The minimum absolute atomic E-state index is 0.208. The standard InChI is InChI=1S/C27H24ClFN6O2/c1-15-24(12-26(33-32-15)21-9-16(28)3-6-22(21)29)31-23-7-8-30-25-11-19(4-5-20(23)25)37-27(36)35-14-17-10-18(35)13-34(17)2/h3-9,11-12,17-18H,10,13-14H2,1-2H3,(H,30,31,33)/t17-,18-/m0/s1. The van der Waals surface area contributed by atoms with E-state index >= 15 is 0 Å². The van der Waals surface area contributed by atoms with Crippen molar-refractivity contribution in [2.24, 2.45) is 0 Å². The van der Waals surface area contributed by atoms with E-state index in [0.29, 0.717) is 46.0 Å². The molecule has 4 aromatic rings. The monoisotopic (exact) mass is 518 g/mol. The largest absolute Gasteiger partial charge is 0.415 e.